The summed E-state index contributed by atoms with van der Waals surface area (Å²) >= 11 is 0. The van der Waals surface area contributed by atoms with Gasteiger partial charge in [-0.25, -0.2) is 0 Å². The van der Waals surface area contributed by atoms with Crippen LogP contribution in [0.25, 0.3) is 0 Å². The molecule has 5 heteroatoms. The molecule has 1 heterocycles. The number of amides is 1. The Morgan fingerprint density at radius 2 is 2.30 bits per heavy atom. The third-order valence-corrected chi connectivity index (χ3v) is 1.01. The van der Waals surface area contributed by atoms with Crippen molar-refractivity contribution in [3.8, 4) is 0 Å². The van der Waals surface area contributed by atoms with E-state index in [-0.39, 0.29) is 11.6 Å². The molecule has 0 aromatic carbocycles. The molecule has 0 unspecified atom stereocenters. The minimum atomic E-state index is -0.176. The highest BCUT2D eigenvalue weighted by atomic mass is 16.2. The second kappa shape index (κ2) is 2.47. The summed E-state index contributed by atoms with van der Waals surface area (Å²) in [4.78, 5) is 12.4. The number of hydrogen-bond acceptors (Lipinski definition) is 3. The summed E-state index contributed by atoms with van der Waals surface area (Å²) in [6.07, 6.45) is 1.34. The Morgan fingerprint density at radius 3 is 2.70 bits per heavy atom. The Morgan fingerprint density at radius 1 is 1.60 bits per heavy atom. The van der Waals surface area contributed by atoms with E-state index in [1.54, 1.807) is 14.1 Å². The molecular formula is C5H7N4O. The van der Waals surface area contributed by atoms with Crippen LogP contribution in [0.4, 0.5) is 0 Å². The van der Waals surface area contributed by atoms with Crippen molar-refractivity contribution in [3.05, 3.63) is 11.9 Å². The Bertz CT molecular complexity index is 206. The fourth-order valence-corrected chi connectivity index (χ4v) is 0.507. The quantitative estimate of drug-likeness (QED) is 0.500. The van der Waals surface area contributed by atoms with E-state index in [0.29, 0.717) is 0 Å². The molecule has 0 atom stereocenters. The number of hydrogen-bond donors (Lipinski definition) is 0. The van der Waals surface area contributed by atoms with Crippen LogP contribution in [0.1, 0.15) is 0 Å². The van der Waals surface area contributed by atoms with Crippen LogP contribution < -0.4 is 5.43 Å². The molecule has 1 amide bonds. The highest BCUT2D eigenvalue weighted by Gasteiger charge is 2.13. The Hall–Kier alpha value is -1.39. The Balaban J connectivity index is 2.66. The van der Waals surface area contributed by atoms with E-state index in [9.17, 15) is 4.79 Å². The molecule has 0 fully saturated rings. The standard InChI is InChI=1S/C5H7N4O/c1-9(2)5(10)4-3-6-8-7-4/h3H,1-2H3. The zero-order chi connectivity index (χ0) is 7.56. The summed E-state index contributed by atoms with van der Waals surface area (Å²) in [7, 11) is 3.30. The maximum atomic E-state index is 11.0. The van der Waals surface area contributed by atoms with Gasteiger partial charge in [0.25, 0.3) is 5.91 Å². The van der Waals surface area contributed by atoms with E-state index in [2.05, 4.69) is 15.8 Å². The molecule has 0 aromatic heterocycles. The largest absolute Gasteiger partial charge is 0.343 e. The molecule has 1 aliphatic heterocycles. The fourth-order valence-electron chi connectivity index (χ4n) is 0.507. The molecule has 0 aliphatic carbocycles. The van der Waals surface area contributed by atoms with Crippen molar-refractivity contribution < 1.29 is 4.79 Å². The van der Waals surface area contributed by atoms with Crippen molar-refractivity contribution in [2.24, 2.45) is 10.3 Å². The zero-order valence-electron chi connectivity index (χ0n) is 5.77. The summed E-state index contributed by atoms with van der Waals surface area (Å²) < 4.78 is 0. The SMILES string of the molecule is CN(C)C(=O)C1=C[N]N=N1. The average molecular weight is 139 g/mol. The first-order valence-electron chi connectivity index (χ1n) is 2.74. The summed E-state index contributed by atoms with van der Waals surface area (Å²) in [6.45, 7) is 0. The van der Waals surface area contributed by atoms with Gasteiger partial charge >= 0.3 is 0 Å². The third-order valence-electron chi connectivity index (χ3n) is 1.01. The summed E-state index contributed by atoms with van der Waals surface area (Å²) in [6, 6.07) is 0. The van der Waals surface area contributed by atoms with E-state index < -0.39 is 0 Å². The van der Waals surface area contributed by atoms with Crippen molar-refractivity contribution in [1.82, 2.24) is 10.3 Å². The van der Waals surface area contributed by atoms with Gasteiger partial charge in [-0.1, -0.05) is 0 Å². The van der Waals surface area contributed by atoms with Gasteiger partial charge < -0.3 is 4.90 Å². The van der Waals surface area contributed by atoms with Gasteiger partial charge in [-0.3, -0.25) is 4.79 Å². The summed E-state index contributed by atoms with van der Waals surface area (Å²) in [5.41, 5.74) is 3.70. The molecule has 0 saturated carbocycles. The van der Waals surface area contributed by atoms with Crippen LogP contribution in [0.5, 0.6) is 0 Å². The zero-order valence-corrected chi connectivity index (χ0v) is 5.77. The molecule has 5 nitrogen and oxygen atoms in total. The normalized spacial score (nSPS) is 14.4. The van der Waals surface area contributed by atoms with E-state index >= 15 is 0 Å². The first-order chi connectivity index (χ1) is 4.72. The van der Waals surface area contributed by atoms with Gasteiger partial charge in [0, 0.05) is 14.1 Å². The Kier molecular flexibility index (Phi) is 1.66. The lowest BCUT2D eigenvalue weighted by Crippen LogP contribution is -2.22. The number of carbonyl (C=O) groups excluding carboxylic acids is 1. The highest BCUT2D eigenvalue weighted by Crippen LogP contribution is 2.04. The maximum Gasteiger partial charge on any atom is 0.275 e. The summed E-state index contributed by atoms with van der Waals surface area (Å²) in [5, 5.41) is 6.76. The van der Waals surface area contributed by atoms with Crippen molar-refractivity contribution in [2.75, 3.05) is 14.1 Å². The molecule has 0 saturated heterocycles. The second-order valence-electron chi connectivity index (χ2n) is 2.02. The molecule has 1 rings (SSSR count). The van der Waals surface area contributed by atoms with Crippen LogP contribution in [0.15, 0.2) is 22.2 Å². The lowest BCUT2D eigenvalue weighted by molar-refractivity contribution is -0.124. The molecule has 1 radical (unpaired) electrons. The van der Waals surface area contributed by atoms with E-state index in [1.165, 1.54) is 11.1 Å². The summed E-state index contributed by atoms with van der Waals surface area (Å²) in [5.74, 6) is -0.176. The van der Waals surface area contributed by atoms with Gasteiger partial charge in [0.05, 0.1) is 6.20 Å². The van der Waals surface area contributed by atoms with Crippen LogP contribution in [0.3, 0.4) is 0 Å². The van der Waals surface area contributed by atoms with E-state index in [4.69, 9.17) is 0 Å². The van der Waals surface area contributed by atoms with Gasteiger partial charge in [0.2, 0.25) is 0 Å². The van der Waals surface area contributed by atoms with Crippen LogP contribution >= 0.6 is 0 Å². The predicted octanol–water partition coefficient (Wildman–Crippen LogP) is -0.0988. The topological polar surface area (TPSA) is 59.1 Å². The molecule has 1 aliphatic rings. The van der Waals surface area contributed by atoms with Gasteiger partial charge in [-0.15, -0.1) is 10.5 Å². The van der Waals surface area contributed by atoms with Crippen molar-refractivity contribution in [2.45, 2.75) is 0 Å². The molecule has 0 bridgehead atoms. The molecule has 53 valence electrons. The van der Waals surface area contributed by atoms with E-state index in [1.807, 2.05) is 0 Å². The number of likely N-dealkylation sites (N-methyl/N-ethyl adjacent to an activating group) is 1. The molecule has 0 spiro atoms. The smallest absolute Gasteiger partial charge is 0.275 e. The number of carbonyl (C=O) groups is 1. The number of rotatable bonds is 1. The monoisotopic (exact) mass is 139 g/mol. The minimum absolute atomic E-state index is 0.176. The second-order valence-corrected chi connectivity index (χ2v) is 2.02. The maximum absolute atomic E-state index is 11.0. The number of nitrogens with zero attached hydrogens (tertiary/aromatic N) is 4. The highest BCUT2D eigenvalue weighted by molar-refractivity contribution is 5.92. The van der Waals surface area contributed by atoms with E-state index in [0.717, 1.165) is 0 Å². The molecule has 10 heavy (non-hydrogen) atoms. The lowest BCUT2D eigenvalue weighted by atomic mass is 10.4. The minimum Gasteiger partial charge on any atom is -0.343 e. The van der Waals surface area contributed by atoms with Crippen LogP contribution in [-0.4, -0.2) is 24.9 Å². The molecular weight excluding hydrogens is 132 g/mol. The van der Waals surface area contributed by atoms with Crippen molar-refractivity contribution in [1.29, 1.82) is 0 Å². The van der Waals surface area contributed by atoms with Crippen LogP contribution in [0.2, 0.25) is 0 Å². The molecule has 0 aromatic rings. The van der Waals surface area contributed by atoms with Crippen molar-refractivity contribution >= 4 is 5.91 Å². The van der Waals surface area contributed by atoms with Gasteiger partial charge in [-0.05, 0) is 5.22 Å². The first kappa shape index (κ1) is 6.73. The first-order valence-corrected chi connectivity index (χ1v) is 2.74. The van der Waals surface area contributed by atoms with Gasteiger partial charge in [0.15, 0.2) is 5.70 Å². The van der Waals surface area contributed by atoms with Crippen LogP contribution in [-0.2, 0) is 4.79 Å². The predicted molar refractivity (Wildman–Crippen MR) is 33.8 cm³/mol. The fraction of sp³-hybridized carbons (Fsp3) is 0.400. The van der Waals surface area contributed by atoms with Crippen LogP contribution in [0, 0.1) is 0 Å². The van der Waals surface area contributed by atoms with Gasteiger partial charge in [0.1, 0.15) is 0 Å². The lowest BCUT2D eigenvalue weighted by Gasteiger charge is -2.06. The molecule has 0 N–H and O–H groups in total. The third kappa shape index (κ3) is 1.12. The Labute approximate surface area is 58.4 Å². The van der Waals surface area contributed by atoms with Crippen molar-refractivity contribution in [3.63, 3.8) is 0 Å². The van der Waals surface area contributed by atoms with Gasteiger partial charge in [-0.2, -0.15) is 0 Å². The average Bonchev–Trinajstić information content (AvgIpc) is 2.36.